The third-order valence-corrected chi connectivity index (χ3v) is 6.85. The van der Waals surface area contributed by atoms with E-state index in [4.69, 9.17) is 4.74 Å². The van der Waals surface area contributed by atoms with E-state index < -0.39 is 18.1 Å². The summed E-state index contributed by atoms with van der Waals surface area (Å²) in [6.45, 7) is 3.84. The van der Waals surface area contributed by atoms with Gasteiger partial charge in [-0.1, -0.05) is 68.8 Å². The van der Waals surface area contributed by atoms with Gasteiger partial charge in [-0.05, 0) is 47.4 Å². The summed E-state index contributed by atoms with van der Waals surface area (Å²) >= 11 is 0. The number of nitrogens with one attached hydrogen (secondary N) is 1. The van der Waals surface area contributed by atoms with Crippen molar-refractivity contribution in [2.75, 3.05) is 13.2 Å². The van der Waals surface area contributed by atoms with Crippen LogP contribution in [0.15, 0.2) is 48.5 Å². The van der Waals surface area contributed by atoms with Crippen molar-refractivity contribution in [2.45, 2.75) is 57.5 Å². The SMILES string of the molecule is CCC(C)CC(NC(=O)OCC1c2ccccc2-c2ccccc21)C(=O)N(CC(=O)O)C1CC1. The number of carboxylic acid groups (broad SMARTS) is 1. The second-order valence-corrected chi connectivity index (χ2v) is 9.36. The zero-order chi connectivity index (χ0) is 24.2. The van der Waals surface area contributed by atoms with E-state index in [1.54, 1.807) is 0 Å². The fourth-order valence-electron chi connectivity index (χ4n) is 4.69. The minimum atomic E-state index is -1.05. The largest absolute Gasteiger partial charge is 0.480 e. The third-order valence-electron chi connectivity index (χ3n) is 6.85. The van der Waals surface area contributed by atoms with Crippen molar-refractivity contribution in [2.24, 2.45) is 5.92 Å². The Kier molecular flexibility index (Phi) is 7.20. The maximum atomic E-state index is 13.2. The molecule has 34 heavy (non-hydrogen) atoms. The second kappa shape index (κ2) is 10.3. The van der Waals surface area contributed by atoms with Crippen molar-refractivity contribution in [1.82, 2.24) is 10.2 Å². The molecule has 1 fully saturated rings. The number of ether oxygens (including phenoxy) is 1. The molecule has 7 heteroatoms. The fraction of sp³-hybridized carbons (Fsp3) is 0.444. The highest BCUT2D eigenvalue weighted by molar-refractivity contribution is 5.88. The van der Waals surface area contributed by atoms with Crippen molar-refractivity contribution in [3.05, 3.63) is 59.7 Å². The van der Waals surface area contributed by atoms with E-state index in [0.717, 1.165) is 41.5 Å². The van der Waals surface area contributed by atoms with Gasteiger partial charge in [0.1, 0.15) is 19.2 Å². The lowest BCUT2D eigenvalue weighted by atomic mass is 9.98. The van der Waals surface area contributed by atoms with Crippen molar-refractivity contribution in [3.63, 3.8) is 0 Å². The van der Waals surface area contributed by atoms with Crippen LogP contribution < -0.4 is 5.32 Å². The summed E-state index contributed by atoms with van der Waals surface area (Å²) in [6, 6.07) is 15.3. The number of carbonyl (C=O) groups excluding carboxylic acids is 2. The summed E-state index contributed by atoms with van der Waals surface area (Å²) < 4.78 is 5.64. The number of carboxylic acids is 1. The van der Waals surface area contributed by atoms with Gasteiger partial charge in [0.15, 0.2) is 0 Å². The molecule has 4 rings (SSSR count). The van der Waals surface area contributed by atoms with E-state index in [9.17, 15) is 19.5 Å². The molecule has 0 bridgehead atoms. The minimum Gasteiger partial charge on any atom is -0.480 e. The lowest BCUT2D eigenvalue weighted by Gasteiger charge is -2.28. The van der Waals surface area contributed by atoms with Crippen molar-refractivity contribution < 1.29 is 24.2 Å². The van der Waals surface area contributed by atoms with E-state index in [1.807, 2.05) is 38.1 Å². The molecule has 180 valence electrons. The summed E-state index contributed by atoms with van der Waals surface area (Å²) in [5.41, 5.74) is 4.52. The molecule has 2 unspecified atom stereocenters. The summed E-state index contributed by atoms with van der Waals surface area (Å²) in [5.74, 6) is -1.28. The molecule has 0 heterocycles. The predicted molar refractivity (Wildman–Crippen MR) is 128 cm³/mol. The molecule has 0 saturated heterocycles. The molecule has 2 amide bonds. The summed E-state index contributed by atoms with van der Waals surface area (Å²) in [4.78, 5) is 38.7. The third kappa shape index (κ3) is 5.24. The van der Waals surface area contributed by atoms with Gasteiger partial charge in [0.25, 0.3) is 0 Å². The molecule has 0 aliphatic heterocycles. The maximum Gasteiger partial charge on any atom is 0.407 e. The molecule has 2 aromatic carbocycles. The van der Waals surface area contributed by atoms with Crippen LogP contribution in [0.2, 0.25) is 0 Å². The van der Waals surface area contributed by atoms with Gasteiger partial charge in [-0.25, -0.2) is 4.79 Å². The van der Waals surface area contributed by atoms with Crippen LogP contribution in [0.1, 0.15) is 56.6 Å². The van der Waals surface area contributed by atoms with E-state index in [0.29, 0.717) is 6.42 Å². The first kappa shape index (κ1) is 23.8. The van der Waals surface area contributed by atoms with Crippen molar-refractivity contribution >= 4 is 18.0 Å². The Labute approximate surface area is 200 Å². The number of aliphatic carboxylic acids is 1. The van der Waals surface area contributed by atoms with Gasteiger partial charge in [0.05, 0.1) is 0 Å². The second-order valence-electron chi connectivity index (χ2n) is 9.36. The van der Waals surface area contributed by atoms with Gasteiger partial charge >= 0.3 is 12.1 Å². The average Bonchev–Trinajstić information content (AvgIpc) is 3.62. The number of hydrogen-bond acceptors (Lipinski definition) is 4. The predicted octanol–water partition coefficient (Wildman–Crippen LogP) is 4.41. The Morgan fingerprint density at radius 2 is 1.65 bits per heavy atom. The van der Waals surface area contributed by atoms with Gasteiger partial charge in [0, 0.05) is 12.0 Å². The average molecular weight is 465 g/mol. The summed E-state index contributed by atoms with van der Waals surface area (Å²) in [6.07, 6.45) is 2.20. The monoisotopic (exact) mass is 464 g/mol. The van der Waals surface area contributed by atoms with Gasteiger partial charge in [-0.15, -0.1) is 0 Å². The molecule has 7 nitrogen and oxygen atoms in total. The van der Waals surface area contributed by atoms with Crippen LogP contribution in [0, 0.1) is 5.92 Å². The minimum absolute atomic E-state index is 0.0626. The summed E-state index contributed by atoms with van der Waals surface area (Å²) in [7, 11) is 0. The normalized spacial score (nSPS) is 16.2. The van der Waals surface area contributed by atoms with Crippen molar-refractivity contribution in [1.29, 1.82) is 0 Å². The molecule has 2 aliphatic carbocycles. The van der Waals surface area contributed by atoms with Gasteiger partial charge in [-0.3, -0.25) is 9.59 Å². The van der Waals surface area contributed by atoms with Gasteiger partial charge in [-0.2, -0.15) is 0 Å². The van der Waals surface area contributed by atoms with Crippen LogP contribution in [0.4, 0.5) is 4.79 Å². The molecule has 2 atom stereocenters. The Hall–Kier alpha value is -3.35. The number of alkyl carbamates (subject to hydrolysis) is 1. The number of amides is 2. The number of hydrogen-bond donors (Lipinski definition) is 2. The first-order valence-electron chi connectivity index (χ1n) is 12.0. The van der Waals surface area contributed by atoms with Crippen LogP contribution in [0.5, 0.6) is 0 Å². The summed E-state index contributed by atoms with van der Waals surface area (Å²) in [5, 5.41) is 12.0. The smallest absolute Gasteiger partial charge is 0.407 e. The number of rotatable bonds is 10. The van der Waals surface area contributed by atoms with E-state index in [-0.39, 0.29) is 36.9 Å². The van der Waals surface area contributed by atoms with Crippen LogP contribution >= 0.6 is 0 Å². The topological polar surface area (TPSA) is 95.9 Å². The number of nitrogens with zero attached hydrogens (tertiary/aromatic N) is 1. The standard InChI is InChI=1S/C27H32N2O5/c1-3-17(2)14-24(26(32)29(15-25(30)31)18-12-13-18)28-27(33)34-16-23-21-10-6-4-8-19(21)20-9-5-7-11-22(20)23/h4-11,17-18,23-24H,3,12-16H2,1-2H3,(H,28,33)(H,30,31). The Balaban J connectivity index is 1.45. The molecule has 0 radical (unpaired) electrons. The highest BCUT2D eigenvalue weighted by atomic mass is 16.5. The quantitative estimate of drug-likeness (QED) is 0.543. The molecule has 1 saturated carbocycles. The van der Waals surface area contributed by atoms with Crippen molar-refractivity contribution in [3.8, 4) is 11.1 Å². The van der Waals surface area contributed by atoms with E-state index >= 15 is 0 Å². The maximum absolute atomic E-state index is 13.2. The first-order valence-corrected chi connectivity index (χ1v) is 12.0. The first-order chi connectivity index (χ1) is 16.4. The number of benzene rings is 2. The van der Waals surface area contributed by atoms with E-state index in [1.165, 1.54) is 4.90 Å². The number of fused-ring (bicyclic) bond motifs is 3. The van der Waals surface area contributed by atoms with Gasteiger partial charge in [0.2, 0.25) is 5.91 Å². The Morgan fingerprint density at radius 3 is 2.18 bits per heavy atom. The van der Waals surface area contributed by atoms with Gasteiger partial charge < -0.3 is 20.1 Å². The molecule has 2 aliphatic rings. The lowest BCUT2D eigenvalue weighted by molar-refractivity contribution is -0.146. The number of carbonyl (C=O) groups is 3. The van der Waals surface area contributed by atoms with Crippen LogP contribution in [-0.4, -0.2) is 53.2 Å². The highest BCUT2D eigenvalue weighted by Gasteiger charge is 2.38. The molecule has 2 N–H and O–H groups in total. The lowest BCUT2D eigenvalue weighted by Crippen LogP contribution is -2.51. The molecule has 0 aromatic heterocycles. The molecule has 0 spiro atoms. The van der Waals surface area contributed by atoms with Crippen LogP contribution in [0.25, 0.3) is 11.1 Å². The highest BCUT2D eigenvalue weighted by Crippen LogP contribution is 2.44. The van der Waals surface area contributed by atoms with Crippen LogP contribution in [-0.2, 0) is 14.3 Å². The van der Waals surface area contributed by atoms with Crippen LogP contribution in [0.3, 0.4) is 0 Å². The molecular formula is C27H32N2O5. The Bertz CT molecular complexity index is 1020. The fourth-order valence-corrected chi connectivity index (χ4v) is 4.69. The zero-order valence-electron chi connectivity index (χ0n) is 19.7. The molecular weight excluding hydrogens is 432 g/mol. The van der Waals surface area contributed by atoms with E-state index in [2.05, 4.69) is 29.6 Å². The Morgan fingerprint density at radius 1 is 1.06 bits per heavy atom. The zero-order valence-corrected chi connectivity index (χ0v) is 19.7. The molecule has 2 aromatic rings.